The van der Waals surface area contributed by atoms with Crippen molar-refractivity contribution < 1.29 is 33.8 Å². The van der Waals surface area contributed by atoms with Gasteiger partial charge in [-0.1, -0.05) is 119 Å². The topological polar surface area (TPSA) is 125 Å². The number of hydrogen-bond donors (Lipinski definition) is 2. The number of amides is 3. The number of likely N-dealkylation sites (tertiary alicyclic amines) is 1. The van der Waals surface area contributed by atoms with Gasteiger partial charge in [0.25, 0.3) is 5.91 Å². The summed E-state index contributed by atoms with van der Waals surface area (Å²) in [6, 6.07) is 29.6. The first kappa shape index (κ1) is 35.9. The van der Waals surface area contributed by atoms with Gasteiger partial charge in [0.05, 0.1) is 30.5 Å². The number of nitrogens with zero attached hydrogens (tertiary/aromatic N) is 2. The first-order valence-electron chi connectivity index (χ1n) is 18.3. The van der Waals surface area contributed by atoms with Crippen molar-refractivity contribution in [3.63, 3.8) is 0 Å². The third kappa shape index (κ3) is 6.44. The maximum atomic E-state index is 15.5. The Bertz CT molecular complexity index is 2140. The lowest BCUT2D eigenvalue weighted by atomic mass is 9.74. The van der Waals surface area contributed by atoms with Gasteiger partial charge in [-0.2, -0.15) is 0 Å². The standard InChI is InChI=1S/C43H40BrN3O7/c44-33-24-43-37-36(38(33)54-43)40(50)45-34(29-15-6-2-7-16-29)26-53-35(49)18-8-3-11-21-46(31-20-19-28-14-9-10-17-30(28)23-31)42(52)39(43)47(41(37)51)32(25-48)22-27-12-4-1-5-13-27/h1-7,9-17,19-20,23-24,32,34,36-39,48H,8,18,21-22,25-26H2,(H,45,50)/b11-3-/t32-,34+,36+,37-,38+,39+,43-/m1/s1. The van der Waals surface area contributed by atoms with E-state index in [1.807, 2.05) is 115 Å². The molecule has 0 unspecified atom stereocenters. The zero-order valence-corrected chi connectivity index (χ0v) is 31.0. The van der Waals surface area contributed by atoms with E-state index in [0.29, 0.717) is 16.6 Å². The Morgan fingerprint density at radius 1 is 0.870 bits per heavy atom. The van der Waals surface area contributed by atoms with Crippen LogP contribution in [0.1, 0.15) is 30.0 Å². The monoisotopic (exact) mass is 789 g/mol. The van der Waals surface area contributed by atoms with Crippen LogP contribution >= 0.6 is 15.9 Å². The lowest BCUT2D eigenvalue weighted by Gasteiger charge is -2.39. The van der Waals surface area contributed by atoms with Crippen LogP contribution in [0.25, 0.3) is 10.8 Å². The van der Waals surface area contributed by atoms with Crippen LogP contribution in [0.5, 0.6) is 0 Å². The fourth-order valence-corrected chi connectivity index (χ4v) is 9.24. The largest absolute Gasteiger partial charge is 0.463 e. The molecule has 2 fully saturated rings. The molecule has 2 N–H and O–H groups in total. The van der Waals surface area contributed by atoms with E-state index in [1.54, 1.807) is 11.0 Å². The summed E-state index contributed by atoms with van der Waals surface area (Å²) >= 11 is 3.65. The highest BCUT2D eigenvalue weighted by Crippen LogP contribution is 2.59. The Morgan fingerprint density at radius 3 is 2.35 bits per heavy atom. The Kier molecular flexibility index (Phi) is 9.95. The van der Waals surface area contributed by atoms with Crippen molar-refractivity contribution in [3.05, 3.63) is 137 Å². The minimum atomic E-state index is -1.52. The van der Waals surface area contributed by atoms with Crippen molar-refractivity contribution >= 4 is 56.1 Å². The van der Waals surface area contributed by atoms with Gasteiger partial charge in [-0.15, -0.1) is 0 Å². The van der Waals surface area contributed by atoms with Crippen LogP contribution < -0.4 is 10.2 Å². The van der Waals surface area contributed by atoms with E-state index in [4.69, 9.17) is 9.47 Å². The van der Waals surface area contributed by atoms with Gasteiger partial charge < -0.3 is 29.7 Å². The fourth-order valence-electron chi connectivity index (χ4n) is 8.50. The van der Waals surface area contributed by atoms with Crippen LogP contribution in [0.15, 0.2) is 126 Å². The Balaban J connectivity index is 1.26. The molecule has 0 aromatic heterocycles. The van der Waals surface area contributed by atoms with Gasteiger partial charge in [0, 0.05) is 23.1 Å². The quantitative estimate of drug-likeness (QED) is 0.198. The van der Waals surface area contributed by atoms with Crippen molar-refractivity contribution in [2.75, 3.05) is 24.7 Å². The molecule has 10 nitrogen and oxygen atoms in total. The number of carbonyl (C=O) groups excluding carboxylic acids is 4. The maximum absolute atomic E-state index is 15.5. The lowest BCUT2D eigenvalue weighted by molar-refractivity contribution is -0.146. The predicted octanol–water partition coefficient (Wildman–Crippen LogP) is 5.40. The molecule has 0 radical (unpaired) electrons. The minimum absolute atomic E-state index is 0.107. The molecule has 0 aliphatic carbocycles. The first-order chi connectivity index (χ1) is 26.3. The number of esters is 1. The van der Waals surface area contributed by atoms with E-state index in [1.165, 1.54) is 4.90 Å². The number of fused-ring (bicyclic) bond motifs is 3. The Morgan fingerprint density at radius 2 is 1.59 bits per heavy atom. The van der Waals surface area contributed by atoms with E-state index in [0.717, 1.165) is 21.9 Å². The number of hydrogen-bond acceptors (Lipinski definition) is 7. The number of cyclic esters (lactones) is 1. The second kappa shape index (κ2) is 15.0. The van der Waals surface area contributed by atoms with Gasteiger partial charge in [0.1, 0.15) is 24.4 Å². The Hall–Kier alpha value is -5.10. The average molecular weight is 791 g/mol. The highest BCUT2D eigenvalue weighted by Gasteiger charge is 2.75. The summed E-state index contributed by atoms with van der Waals surface area (Å²) in [4.78, 5) is 61.1. The number of nitrogens with one attached hydrogen (secondary N) is 1. The normalized spacial score (nSPS) is 28.4. The summed E-state index contributed by atoms with van der Waals surface area (Å²) in [6.45, 7) is -0.401. The molecule has 4 aromatic carbocycles. The van der Waals surface area contributed by atoms with E-state index in [9.17, 15) is 14.7 Å². The van der Waals surface area contributed by atoms with E-state index >= 15 is 9.59 Å². The van der Waals surface area contributed by atoms with Crippen LogP contribution in [0.4, 0.5) is 5.69 Å². The van der Waals surface area contributed by atoms with Crippen LogP contribution in [0.2, 0.25) is 0 Å². The number of anilines is 1. The molecule has 11 heteroatoms. The molecule has 7 atom stereocenters. The van der Waals surface area contributed by atoms with Crippen molar-refractivity contribution in [1.82, 2.24) is 10.2 Å². The van der Waals surface area contributed by atoms with Gasteiger partial charge in [-0.25, -0.2) is 0 Å². The van der Waals surface area contributed by atoms with Crippen LogP contribution in [0.3, 0.4) is 0 Å². The molecule has 1 spiro atoms. The zero-order chi connectivity index (χ0) is 37.4. The number of benzene rings is 4. The van der Waals surface area contributed by atoms with Crippen LogP contribution in [-0.4, -0.2) is 77.2 Å². The smallest absolute Gasteiger partial charge is 0.306 e. The van der Waals surface area contributed by atoms with Gasteiger partial charge in [0.2, 0.25) is 11.8 Å². The fraction of sp³-hybridized carbons (Fsp3) is 0.302. The average Bonchev–Trinajstić information content (AvgIpc) is 3.79. The third-order valence-corrected chi connectivity index (χ3v) is 11.7. The minimum Gasteiger partial charge on any atom is -0.463 e. The SMILES string of the molecule is O=C1CC/C=C\CN(c2ccc3ccccc3c2)C(=O)[C@@H]2N([C@@H](CO)Cc3ccccc3)C(=O)[C@H]3[C@H](C(=O)N[C@H](c4ccccc4)CO1)[C@H]1O[C@@]23C=C1Br. The molecule has 4 heterocycles. The van der Waals surface area contributed by atoms with Crippen molar-refractivity contribution in [3.8, 4) is 0 Å². The summed E-state index contributed by atoms with van der Waals surface area (Å²) in [7, 11) is 0. The Labute approximate surface area is 321 Å². The molecule has 4 aromatic rings. The summed E-state index contributed by atoms with van der Waals surface area (Å²) in [5.74, 6) is -3.86. The van der Waals surface area contributed by atoms with Crippen molar-refractivity contribution in [2.45, 2.75) is 49.1 Å². The molecule has 0 saturated carbocycles. The maximum Gasteiger partial charge on any atom is 0.306 e. The summed E-state index contributed by atoms with van der Waals surface area (Å²) < 4.78 is 13.0. The highest BCUT2D eigenvalue weighted by atomic mass is 79.9. The number of aliphatic hydroxyl groups is 1. The number of halogens is 1. The van der Waals surface area contributed by atoms with Crippen LogP contribution in [0, 0.1) is 11.8 Å². The molecule has 8 rings (SSSR count). The summed E-state index contributed by atoms with van der Waals surface area (Å²) in [6.07, 6.45) is 5.37. The second-order valence-electron chi connectivity index (χ2n) is 14.2. The summed E-state index contributed by atoms with van der Waals surface area (Å²) in [5.41, 5.74) is 0.689. The zero-order valence-electron chi connectivity index (χ0n) is 29.4. The first-order valence-corrected chi connectivity index (χ1v) is 19.1. The molecule has 3 amide bonds. The summed E-state index contributed by atoms with van der Waals surface area (Å²) in [5, 5.41) is 16.0. The van der Waals surface area contributed by atoms with E-state index in [-0.39, 0.29) is 26.0 Å². The van der Waals surface area contributed by atoms with Gasteiger partial charge in [-0.3, -0.25) is 19.2 Å². The molecule has 4 aliphatic heterocycles. The number of carbonyl (C=O) groups is 4. The van der Waals surface area contributed by atoms with Gasteiger partial charge in [0.15, 0.2) is 0 Å². The van der Waals surface area contributed by atoms with Crippen molar-refractivity contribution in [1.29, 1.82) is 0 Å². The van der Waals surface area contributed by atoms with Crippen LogP contribution in [-0.2, 0) is 35.1 Å². The molecule has 54 heavy (non-hydrogen) atoms. The van der Waals surface area contributed by atoms with E-state index in [2.05, 4.69) is 21.2 Å². The third-order valence-electron chi connectivity index (χ3n) is 11.0. The molecule has 5 bridgehead atoms. The number of aliphatic hydroxyl groups excluding tert-OH is 1. The number of rotatable bonds is 6. The molecular formula is C43H40BrN3O7. The van der Waals surface area contributed by atoms with E-state index < -0.39 is 72.0 Å². The van der Waals surface area contributed by atoms with Gasteiger partial charge in [-0.05, 0) is 52.9 Å². The highest BCUT2D eigenvalue weighted by molar-refractivity contribution is 9.11. The van der Waals surface area contributed by atoms with Gasteiger partial charge >= 0.3 is 5.97 Å². The molecular weight excluding hydrogens is 750 g/mol. The molecule has 276 valence electrons. The molecule has 4 aliphatic rings. The number of ether oxygens (including phenoxy) is 2. The predicted molar refractivity (Wildman–Crippen MR) is 206 cm³/mol. The lowest BCUT2D eigenvalue weighted by Crippen LogP contribution is -2.59. The second-order valence-corrected chi connectivity index (χ2v) is 15.2. The molecule has 2 saturated heterocycles. The number of allylic oxidation sites excluding steroid dienone is 1. The van der Waals surface area contributed by atoms with Crippen molar-refractivity contribution in [2.24, 2.45) is 11.8 Å².